The van der Waals surface area contributed by atoms with Crippen molar-refractivity contribution in [1.82, 2.24) is 0 Å². The molecular weight excluding hydrogens is 180 g/mol. The Hall–Kier alpha value is 2.25. The van der Waals surface area contributed by atoms with E-state index in [2.05, 4.69) is 0 Å². The van der Waals surface area contributed by atoms with Gasteiger partial charge in [-0.1, -0.05) is 0 Å². The van der Waals surface area contributed by atoms with Crippen molar-refractivity contribution >= 4 is 29.6 Å². The third kappa shape index (κ3) is 8.87. The Kier molecular flexibility index (Phi) is 76.3. The molecule has 0 fully saturated rings. The fourth-order valence-electron chi connectivity index (χ4n) is 0. The van der Waals surface area contributed by atoms with E-state index in [-0.39, 0.29) is 51.9 Å². The van der Waals surface area contributed by atoms with Gasteiger partial charge in [-0.05, 0) is 0 Å². The molecule has 4 heteroatoms. The Morgan fingerprint density at radius 3 is 1.25 bits per heavy atom. The van der Waals surface area contributed by atoms with E-state index in [9.17, 15) is 0 Å². The van der Waals surface area contributed by atoms with Crippen LogP contribution in [0.25, 0.3) is 0 Å². The Balaban J connectivity index is -0.00000000500. The fourth-order valence-corrected chi connectivity index (χ4v) is 0. The van der Waals surface area contributed by atoms with Crippen molar-refractivity contribution in [3.63, 3.8) is 0 Å². The Morgan fingerprint density at radius 1 is 1.25 bits per heavy atom. The molecular formula is HNaNbOTi. The molecule has 0 spiro atoms. The molecule has 0 aliphatic rings. The van der Waals surface area contributed by atoms with Crippen LogP contribution >= 0.6 is 0 Å². The monoisotopic (exact) mass is 181 g/mol. The van der Waals surface area contributed by atoms with Crippen molar-refractivity contribution in [2.24, 2.45) is 0 Å². The Morgan fingerprint density at radius 2 is 1.25 bits per heavy atom. The second-order valence-electron chi connectivity index (χ2n) is 0. The number of hydrogen-bond acceptors (Lipinski definition) is 1. The van der Waals surface area contributed by atoms with Gasteiger partial charge in [0.25, 0.3) is 0 Å². The molecule has 0 amide bonds. The van der Waals surface area contributed by atoms with Crippen LogP contribution < -0.4 is 0 Å². The topological polar surface area (TPSA) is 17.1 Å². The van der Waals surface area contributed by atoms with Gasteiger partial charge in [-0.3, -0.25) is 0 Å². The first kappa shape index (κ1) is 16.3. The van der Waals surface area contributed by atoms with Gasteiger partial charge in [0.2, 0.25) is 0 Å². The minimum absolute atomic E-state index is 0. The summed E-state index contributed by atoms with van der Waals surface area (Å²) in [5.74, 6) is 0. The standard InChI is InChI=1S/Na.Nb.O.Ti.H. The molecule has 0 atom stereocenters. The predicted molar refractivity (Wildman–Crippen MR) is 7.84 cm³/mol. The summed E-state index contributed by atoms with van der Waals surface area (Å²) in [5.41, 5.74) is 0. The van der Waals surface area contributed by atoms with Crippen molar-refractivity contribution in [3.8, 4) is 0 Å². The van der Waals surface area contributed by atoms with Crippen LogP contribution in [0.2, 0.25) is 0 Å². The van der Waals surface area contributed by atoms with Gasteiger partial charge in [-0.15, -0.1) is 0 Å². The van der Waals surface area contributed by atoms with E-state index in [0.717, 1.165) is 20.4 Å². The zero-order chi connectivity index (χ0) is 2.00. The third-order valence-electron chi connectivity index (χ3n) is 0. The summed E-state index contributed by atoms with van der Waals surface area (Å²) in [6.07, 6.45) is 0. The molecule has 0 unspecified atom stereocenters. The van der Waals surface area contributed by atoms with E-state index in [1.54, 1.807) is 0 Å². The Labute approximate surface area is 74.4 Å². The van der Waals surface area contributed by atoms with Crippen LogP contribution in [0.15, 0.2) is 0 Å². The Bertz CT molecular complexity index is 8.00. The molecule has 0 aromatic heterocycles. The first-order valence-corrected chi connectivity index (χ1v) is 0.842. The molecule has 1 nitrogen and oxygen atoms in total. The van der Waals surface area contributed by atoms with E-state index < -0.39 is 0 Å². The summed E-state index contributed by atoms with van der Waals surface area (Å²) in [6, 6.07) is 0. The van der Waals surface area contributed by atoms with Gasteiger partial charge in [-0.2, -0.15) is 0 Å². The molecule has 0 aliphatic carbocycles. The van der Waals surface area contributed by atoms with Gasteiger partial charge in [0.15, 0.2) is 0 Å². The van der Waals surface area contributed by atoms with E-state index in [4.69, 9.17) is 3.32 Å². The van der Waals surface area contributed by atoms with E-state index in [1.807, 2.05) is 0 Å². The molecule has 0 aromatic rings. The van der Waals surface area contributed by atoms with Crippen molar-refractivity contribution in [2.75, 3.05) is 0 Å². The first-order chi connectivity index (χ1) is 1.00. The second kappa shape index (κ2) is 18.7. The molecule has 1 radical (unpaired) electrons. The first-order valence-electron chi connectivity index (χ1n) is 0.204. The zero-order valence-electron chi connectivity index (χ0n) is 1.36. The number of hydrogen-bond donors (Lipinski definition) is 0. The molecule has 0 saturated heterocycles. The van der Waals surface area contributed by atoms with Crippen LogP contribution in [-0.2, 0) is 46.1 Å². The average Bonchev–Trinajstić information content (AvgIpc) is 1.00. The van der Waals surface area contributed by atoms with Gasteiger partial charge in [-0.25, -0.2) is 0 Å². The van der Waals surface area contributed by atoms with Crippen molar-refractivity contribution < 1.29 is 46.1 Å². The predicted octanol–water partition coefficient (Wildman–Crippen LogP) is -0.772. The van der Waals surface area contributed by atoms with E-state index in [1.165, 1.54) is 0 Å². The van der Waals surface area contributed by atoms with Crippen LogP contribution in [0.4, 0.5) is 0 Å². The SMILES string of the molecule is [NaH].[Nb].[O]=[Ti]. The molecule has 0 saturated carbocycles. The summed E-state index contributed by atoms with van der Waals surface area (Å²) >= 11 is 0.750. The fraction of sp³-hybridized carbons (Fsp3) is 0. The second-order valence-corrected chi connectivity index (χ2v) is 0. The molecule has 0 bridgehead atoms. The van der Waals surface area contributed by atoms with Gasteiger partial charge in [0, 0.05) is 22.4 Å². The summed E-state index contributed by atoms with van der Waals surface area (Å²) in [5, 5.41) is 0. The summed E-state index contributed by atoms with van der Waals surface area (Å²) < 4.78 is 8.25. The average molecular weight is 181 g/mol. The summed E-state index contributed by atoms with van der Waals surface area (Å²) in [6.45, 7) is 0. The van der Waals surface area contributed by atoms with Crippen LogP contribution in [0.5, 0.6) is 0 Å². The zero-order valence-corrected chi connectivity index (χ0v) is 5.12. The van der Waals surface area contributed by atoms with E-state index in [0.29, 0.717) is 0 Å². The van der Waals surface area contributed by atoms with Crippen LogP contribution in [0, 0.1) is 0 Å². The van der Waals surface area contributed by atoms with Gasteiger partial charge in [0.1, 0.15) is 0 Å². The molecule has 0 aromatic carbocycles. The molecule has 4 heavy (non-hydrogen) atoms. The van der Waals surface area contributed by atoms with Crippen LogP contribution in [0.3, 0.4) is 0 Å². The summed E-state index contributed by atoms with van der Waals surface area (Å²) in [7, 11) is 0. The van der Waals surface area contributed by atoms with Crippen LogP contribution in [0.1, 0.15) is 0 Å². The van der Waals surface area contributed by atoms with Crippen molar-refractivity contribution in [2.45, 2.75) is 0 Å². The van der Waals surface area contributed by atoms with Gasteiger partial charge < -0.3 is 0 Å². The normalized spacial score (nSPS) is 0.750. The minimum atomic E-state index is 0. The van der Waals surface area contributed by atoms with Crippen molar-refractivity contribution in [1.29, 1.82) is 0 Å². The molecule has 17 valence electrons. The van der Waals surface area contributed by atoms with Gasteiger partial charge >= 0.3 is 53.3 Å². The molecule has 0 heterocycles. The van der Waals surface area contributed by atoms with Gasteiger partial charge in [0.05, 0.1) is 0 Å². The molecule has 0 aliphatic heterocycles. The number of rotatable bonds is 0. The maximum atomic E-state index is 8.25. The third-order valence-corrected chi connectivity index (χ3v) is 0. The quantitative estimate of drug-likeness (QED) is 0.448. The van der Waals surface area contributed by atoms with Crippen molar-refractivity contribution in [3.05, 3.63) is 0 Å². The molecule has 0 rings (SSSR count). The van der Waals surface area contributed by atoms with Crippen LogP contribution in [-0.4, -0.2) is 29.6 Å². The molecule has 0 N–H and O–H groups in total. The van der Waals surface area contributed by atoms with E-state index >= 15 is 0 Å². The summed E-state index contributed by atoms with van der Waals surface area (Å²) in [4.78, 5) is 0. The maximum absolute atomic E-state index is 8.25.